The second-order valence-corrected chi connectivity index (χ2v) is 10.6. The minimum Gasteiger partial charge on any atom is -0.455 e. The maximum Gasteiger partial charge on any atom is 0.431 e. The molecular weight excluding hydrogens is 452 g/mol. The third kappa shape index (κ3) is 4.61. The highest BCUT2D eigenvalue weighted by molar-refractivity contribution is 7.87. The summed E-state index contributed by atoms with van der Waals surface area (Å²) < 4.78 is 92.5. The molecule has 0 spiro atoms. The van der Waals surface area contributed by atoms with E-state index >= 15 is 0 Å². The van der Waals surface area contributed by atoms with Crippen molar-refractivity contribution < 1.29 is 55.0 Å². The fraction of sp³-hybridized carbons (Fsp3) is 0.833. The summed E-state index contributed by atoms with van der Waals surface area (Å²) in [5.74, 6) is -6.06. The predicted molar refractivity (Wildman–Crippen MR) is 95.9 cm³/mol. The standard InChI is InChI=1S/C18H24F4O8S/c1-11(7-29-3-2-17(19,20)18(21,22)31(26,27)28)13(23)30-16-6-12-4-14(24,9-16)8-15(25,5-12)10-16/h12,24-25H,1-10H2,(H,26,27,28). The van der Waals surface area contributed by atoms with Crippen molar-refractivity contribution in [1.82, 2.24) is 0 Å². The molecule has 0 heterocycles. The van der Waals surface area contributed by atoms with E-state index in [0.29, 0.717) is 19.3 Å². The average molecular weight is 476 g/mol. The molecule has 0 saturated heterocycles. The topological polar surface area (TPSA) is 130 Å². The summed E-state index contributed by atoms with van der Waals surface area (Å²) in [6.45, 7) is 1.70. The van der Waals surface area contributed by atoms with Gasteiger partial charge in [-0.05, 0) is 25.2 Å². The van der Waals surface area contributed by atoms with E-state index in [0.717, 1.165) is 0 Å². The van der Waals surface area contributed by atoms with Crippen molar-refractivity contribution in [1.29, 1.82) is 0 Å². The second-order valence-electron chi connectivity index (χ2n) is 9.13. The summed E-state index contributed by atoms with van der Waals surface area (Å²) in [4.78, 5) is 12.4. The molecule has 178 valence electrons. The van der Waals surface area contributed by atoms with Crippen LogP contribution in [-0.4, -0.2) is 70.3 Å². The molecule has 0 aromatic rings. The Balaban J connectivity index is 1.51. The van der Waals surface area contributed by atoms with Crippen LogP contribution >= 0.6 is 0 Å². The molecule has 0 aliphatic heterocycles. The molecule has 8 nitrogen and oxygen atoms in total. The predicted octanol–water partition coefficient (Wildman–Crippen LogP) is 1.81. The molecule has 0 aromatic heterocycles. The Labute approximate surface area is 176 Å². The summed E-state index contributed by atoms with van der Waals surface area (Å²) in [5.41, 5.74) is -3.68. The Morgan fingerprint density at radius 2 is 1.61 bits per heavy atom. The van der Waals surface area contributed by atoms with Gasteiger partial charge in [0.2, 0.25) is 0 Å². The number of aliphatic hydroxyl groups is 2. The highest BCUT2D eigenvalue weighted by Gasteiger charge is 2.66. The number of esters is 1. The van der Waals surface area contributed by atoms with Gasteiger partial charge in [-0.3, -0.25) is 4.55 Å². The normalized spacial score (nSPS) is 35.3. The number of alkyl halides is 4. The van der Waals surface area contributed by atoms with E-state index in [-0.39, 0.29) is 30.8 Å². The maximum atomic E-state index is 13.4. The molecule has 4 saturated carbocycles. The van der Waals surface area contributed by atoms with Crippen molar-refractivity contribution in [3.63, 3.8) is 0 Å². The number of carbonyl (C=O) groups excluding carboxylic acids is 1. The fourth-order valence-electron chi connectivity index (χ4n) is 5.42. The Bertz CT molecular complexity index is 856. The minimum absolute atomic E-state index is 0.0183. The van der Waals surface area contributed by atoms with E-state index < -0.39 is 63.7 Å². The van der Waals surface area contributed by atoms with Crippen LogP contribution in [0.5, 0.6) is 0 Å². The number of rotatable bonds is 9. The quantitative estimate of drug-likeness (QED) is 0.151. The average Bonchev–Trinajstić information content (AvgIpc) is 2.53. The third-order valence-electron chi connectivity index (χ3n) is 6.14. The van der Waals surface area contributed by atoms with Gasteiger partial charge >= 0.3 is 27.3 Å². The maximum absolute atomic E-state index is 13.4. The van der Waals surface area contributed by atoms with Crippen LogP contribution < -0.4 is 0 Å². The lowest BCUT2D eigenvalue weighted by atomic mass is 9.50. The smallest absolute Gasteiger partial charge is 0.431 e. The zero-order valence-corrected chi connectivity index (χ0v) is 17.3. The van der Waals surface area contributed by atoms with Gasteiger partial charge in [0.15, 0.2) is 0 Å². The zero-order valence-electron chi connectivity index (χ0n) is 16.5. The van der Waals surface area contributed by atoms with Gasteiger partial charge < -0.3 is 19.7 Å². The molecule has 0 amide bonds. The Hall–Kier alpha value is -1.28. The van der Waals surface area contributed by atoms with Crippen molar-refractivity contribution in [2.75, 3.05) is 13.2 Å². The van der Waals surface area contributed by atoms with Crippen molar-refractivity contribution in [2.24, 2.45) is 5.92 Å². The summed E-state index contributed by atoms with van der Waals surface area (Å²) in [6.07, 6.45) is 0.206. The second kappa shape index (κ2) is 7.37. The van der Waals surface area contributed by atoms with Crippen LogP contribution in [0.2, 0.25) is 0 Å². The monoisotopic (exact) mass is 476 g/mol. The van der Waals surface area contributed by atoms with Gasteiger partial charge in [-0.25, -0.2) is 4.79 Å². The zero-order chi connectivity index (χ0) is 23.5. The summed E-state index contributed by atoms with van der Waals surface area (Å²) >= 11 is 0. The third-order valence-corrected chi connectivity index (χ3v) is 7.09. The first kappa shape index (κ1) is 24.4. The fourth-order valence-corrected chi connectivity index (χ4v) is 5.90. The SMILES string of the molecule is C=C(COCCC(F)(F)C(F)(F)S(=O)(=O)O)C(=O)OC12CC3CC(O)(CC(O)(C3)C1)C2. The van der Waals surface area contributed by atoms with Crippen molar-refractivity contribution >= 4 is 16.1 Å². The van der Waals surface area contributed by atoms with Gasteiger partial charge in [0.25, 0.3) is 0 Å². The van der Waals surface area contributed by atoms with E-state index in [2.05, 4.69) is 6.58 Å². The Morgan fingerprint density at radius 3 is 2.10 bits per heavy atom. The van der Waals surface area contributed by atoms with Crippen LogP contribution in [0.15, 0.2) is 12.2 Å². The Morgan fingerprint density at radius 1 is 1.06 bits per heavy atom. The van der Waals surface area contributed by atoms with Crippen molar-refractivity contribution in [2.45, 2.75) is 72.9 Å². The van der Waals surface area contributed by atoms with Crippen molar-refractivity contribution in [3.8, 4) is 0 Å². The van der Waals surface area contributed by atoms with Crippen LogP contribution in [0.1, 0.15) is 44.9 Å². The highest BCUT2D eigenvalue weighted by Crippen LogP contribution is 2.60. The number of halogens is 4. The highest BCUT2D eigenvalue weighted by atomic mass is 32.2. The Kier molecular flexibility index (Phi) is 5.79. The minimum atomic E-state index is -6.33. The van der Waals surface area contributed by atoms with Crippen molar-refractivity contribution in [3.05, 3.63) is 12.2 Å². The van der Waals surface area contributed by atoms with Gasteiger partial charge in [0.05, 0.1) is 30.0 Å². The number of ether oxygens (including phenoxy) is 2. The molecule has 0 aromatic carbocycles. The van der Waals surface area contributed by atoms with Gasteiger partial charge in [0, 0.05) is 25.7 Å². The number of hydrogen-bond donors (Lipinski definition) is 3. The molecule has 4 bridgehead atoms. The van der Waals surface area contributed by atoms with E-state index in [1.165, 1.54) is 0 Å². The molecule has 13 heteroatoms. The van der Waals surface area contributed by atoms with Gasteiger partial charge in [-0.1, -0.05) is 6.58 Å². The van der Waals surface area contributed by atoms with E-state index in [1.807, 2.05) is 0 Å². The van der Waals surface area contributed by atoms with Gasteiger partial charge in [0.1, 0.15) is 5.60 Å². The van der Waals surface area contributed by atoms with Crippen LogP contribution in [-0.2, 0) is 24.4 Å². The molecule has 4 fully saturated rings. The lowest BCUT2D eigenvalue weighted by Crippen LogP contribution is -2.67. The molecule has 0 radical (unpaired) electrons. The number of carbonyl (C=O) groups is 1. The van der Waals surface area contributed by atoms with Gasteiger partial charge in [-0.2, -0.15) is 26.0 Å². The first-order valence-corrected chi connectivity index (χ1v) is 11.0. The lowest BCUT2D eigenvalue weighted by Gasteiger charge is -2.62. The summed E-state index contributed by atoms with van der Waals surface area (Å²) in [7, 11) is -6.33. The van der Waals surface area contributed by atoms with Crippen LogP contribution in [0.4, 0.5) is 17.6 Å². The molecule has 31 heavy (non-hydrogen) atoms. The molecule has 3 N–H and O–H groups in total. The largest absolute Gasteiger partial charge is 0.455 e. The van der Waals surface area contributed by atoms with Crippen LogP contribution in [0.25, 0.3) is 0 Å². The first-order chi connectivity index (χ1) is 13.9. The lowest BCUT2D eigenvalue weighted by molar-refractivity contribution is -0.260. The number of hydrogen-bond acceptors (Lipinski definition) is 7. The van der Waals surface area contributed by atoms with E-state index in [9.17, 15) is 41.0 Å². The van der Waals surface area contributed by atoms with Crippen LogP contribution in [0.3, 0.4) is 0 Å². The first-order valence-electron chi connectivity index (χ1n) is 9.58. The molecular formula is C18H24F4O8S. The summed E-state index contributed by atoms with van der Waals surface area (Å²) in [5, 5.41) is 15.6. The summed E-state index contributed by atoms with van der Waals surface area (Å²) in [6, 6.07) is 0. The molecule has 4 aliphatic carbocycles. The molecule has 4 rings (SSSR count). The van der Waals surface area contributed by atoms with Gasteiger partial charge in [-0.15, -0.1) is 0 Å². The molecule has 4 aliphatic rings. The molecule has 2 unspecified atom stereocenters. The van der Waals surface area contributed by atoms with E-state index in [4.69, 9.17) is 14.0 Å². The van der Waals surface area contributed by atoms with E-state index in [1.54, 1.807) is 0 Å². The van der Waals surface area contributed by atoms with Crippen LogP contribution in [0, 0.1) is 5.92 Å². The molecule has 2 atom stereocenters.